The Labute approximate surface area is 146 Å². The number of rotatable bonds is 6. The number of carbonyl (C=O) groups is 1. The number of esters is 1. The maximum absolute atomic E-state index is 11.7. The van der Waals surface area contributed by atoms with Gasteiger partial charge in [0.25, 0.3) is 0 Å². The van der Waals surface area contributed by atoms with Crippen LogP contribution in [-0.4, -0.2) is 27.9 Å². The van der Waals surface area contributed by atoms with Crippen molar-refractivity contribution in [2.45, 2.75) is 20.8 Å². The summed E-state index contributed by atoms with van der Waals surface area (Å²) in [7, 11) is 0. The molecular formula is C18H19N5O2. The Hall–Kier alpha value is -3.40. The van der Waals surface area contributed by atoms with Gasteiger partial charge in [0.2, 0.25) is 5.95 Å². The minimum Gasteiger partial charge on any atom is -0.462 e. The van der Waals surface area contributed by atoms with Gasteiger partial charge in [-0.2, -0.15) is 10.4 Å². The standard InChI is InChI=1S/C18H19N5O2/c1-4-25-17(24)15(10-19)11-20-18-21-16(12-23(18)22-13(2)3)14-8-6-5-7-9-14/h5-9,11-12H,4H2,1-3H3,(H,20,21)/b15-11-. The maximum Gasteiger partial charge on any atom is 0.350 e. The van der Waals surface area contributed by atoms with E-state index in [1.807, 2.05) is 44.2 Å². The van der Waals surface area contributed by atoms with Gasteiger partial charge >= 0.3 is 5.97 Å². The Kier molecular flexibility index (Phi) is 6.07. The number of ether oxygens (including phenoxy) is 1. The van der Waals surface area contributed by atoms with Crippen LogP contribution in [0, 0.1) is 11.3 Å². The van der Waals surface area contributed by atoms with Crippen LogP contribution in [0.2, 0.25) is 0 Å². The zero-order valence-corrected chi connectivity index (χ0v) is 14.4. The third kappa shape index (κ3) is 4.78. The predicted molar refractivity (Wildman–Crippen MR) is 95.8 cm³/mol. The summed E-state index contributed by atoms with van der Waals surface area (Å²) in [6.45, 7) is 5.60. The molecular weight excluding hydrogens is 318 g/mol. The number of aromatic nitrogens is 2. The second-order valence-corrected chi connectivity index (χ2v) is 5.24. The molecule has 1 heterocycles. The fourth-order valence-corrected chi connectivity index (χ4v) is 1.99. The molecule has 7 nitrogen and oxygen atoms in total. The van der Waals surface area contributed by atoms with Crippen molar-refractivity contribution in [2.75, 3.05) is 11.9 Å². The Morgan fingerprint density at radius 2 is 2.12 bits per heavy atom. The molecule has 0 aliphatic heterocycles. The number of imidazole rings is 1. The third-order valence-electron chi connectivity index (χ3n) is 3.03. The second-order valence-electron chi connectivity index (χ2n) is 5.24. The van der Waals surface area contributed by atoms with Gasteiger partial charge in [-0.25, -0.2) is 14.5 Å². The molecule has 25 heavy (non-hydrogen) atoms. The average molecular weight is 337 g/mol. The van der Waals surface area contributed by atoms with Crippen molar-refractivity contribution in [2.24, 2.45) is 5.10 Å². The van der Waals surface area contributed by atoms with Gasteiger partial charge in [0.1, 0.15) is 6.07 Å². The molecule has 2 rings (SSSR count). The van der Waals surface area contributed by atoms with Crippen LogP contribution in [-0.2, 0) is 9.53 Å². The fourth-order valence-electron chi connectivity index (χ4n) is 1.99. The van der Waals surface area contributed by atoms with Crippen LogP contribution in [0.1, 0.15) is 20.8 Å². The monoisotopic (exact) mass is 337 g/mol. The quantitative estimate of drug-likeness (QED) is 0.378. The van der Waals surface area contributed by atoms with Gasteiger partial charge < -0.3 is 10.1 Å². The van der Waals surface area contributed by atoms with Crippen LogP contribution < -0.4 is 5.32 Å². The number of hydrogen-bond acceptors (Lipinski definition) is 6. The van der Waals surface area contributed by atoms with Crippen molar-refractivity contribution in [1.82, 2.24) is 9.66 Å². The maximum atomic E-state index is 11.7. The third-order valence-corrected chi connectivity index (χ3v) is 3.03. The van der Waals surface area contributed by atoms with Crippen LogP contribution >= 0.6 is 0 Å². The second kappa shape index (κ2) is 8.45. The minimum absolute atomic E-state index is 0.144. The molecule has 1 aromatic heterocycles. The Morgan fingerprint density at radius 3 is 2.72 bits per heavy atom. The van der Waals surface area contributed by atoms with E-state index in [0.717, 1.165) is 17.0 Å². The number of benzene rings is 1. The molecule has 0 radical (unpaired) electrons. The van der Waals surface area contributed by atoms with Crippen LogP contribution in [0.25, 0.3) is 11.3 Å². The normalized spacial score (nSPS) is 10.7. The first kappa shape index (κ1) is 17.9. The van der Waals surface area contributed by atoms with Gasteiger partial charge in [0, 0.05) is 17.5 Å². The molecule has 0 aliphatic carbocycles. The highest BCUT2D eigenvalue weighted by atomic mass is 16.5. The van der Waals surface area contributed by atoms with Gasteiger partial charge in [-0.05, 0) is 20.8 Å². The van der Waals surface area contributed by atoms with Crippen LogP contribution in [0.3, 0.4) is 0 Å². The van der Waals surface area contributed by atoms with Gasteiger partial charge in [0.15, 0.2) is 5.57 Å². The smallest absolute Gasteiger partial charge is 0.350 e. The lowest BCUT2D eigenvalue weighted by atomic mass is 10.2. The van der Waals surface area contributed by atoms with Gasteiger partial charge in [0.05, 0.1) is 18.5 Å². The van der Waals surface area contributed by atoms with E-state index in [0.29, 0.717) is 5.95 Å². The van der Waals surface area contributed by atoms with E-state index >= 15 is 0 Å². The summed E-state index contributed by atoms with van der Waals surface area (Å²) < 4.78 is 6.39. The van der Waals surface area contributed by atoms with Gasteiger partial charge in [-0.1, -0.05) is 30.3 Å². The average Bonchev–Trinajstić information content (AvgIpc) is 2.98. The first-order valence-electron chi connectivity index (χ1n) is 7.76. The summed E-state index contributed by atoms with van der Waals surface area (Å²) in [4.78, 5) is 16.2. The fraction of sp³-hybridized carbons (Fsp3) is 0.222. The van der Waals surface area contributed by atoms with Crippen molar-refractivity contribution >= 4 is 17.6 Å². The molecule has 0 amide bonds. The SMILES string of the molecule is CCOC(=O)/C(C#N)=C\Nc1nc(-c2ccccc2)cn1N=C(C)C. The number of nitrogens with zero attached hydrogens (tertiary/aromatic N) is 4. The summed E-state index contributed by atoms with van der Waals surface area (Å²) in [5.41, 5.74) is 2.34. The van der Waals surface area contributed by atoms with E-state index in [9.17, 15) is 4.79 Å². The summed E-state index contributed by atoms with van der Waals surface area (Å²) >= 11 is 0. The number of anilines is 1. The van der Waals surface area contributed by atoms with E-state index in [2.05, 4.69) is 15.4 Å². The Morgan fingerprint density at radius 1 is 1.40 bits per heavy atom. The number of carbonyl (C=O) groups excluding carboxylic acids is 1. The summed E-state index contributed by atoms with van der Waals surface area (Å²) in [6, 6.07) is 11.5. The van der Waals surface area contributed by atoms with E-state index in [1.54, 1.807) is 23.9 Å². The summed E-state index contributed by atoms with van der Waals surface area (Å²) in [5, 5.41) is 16.3. The van der Waals surface area contributed by atoms with Crippen LogP contribution in [0.15, 0.2) is 53.4 Å². The van der Waals surface area contributed by atoms with Crippen molar-refractivity contribution in [1.29, 1.82) is 5.26 Å². The lowest BCUT2D eigenvalue weighted by molar-refractivity contribution is -0.138. The molecule has 128 valence electrons. The largest absolute Gasteiger partial charge is 0.462 e. The predicted octanol–water partition coefficient (Wildman–Crippen LogP) is 3.18. The highest BCUT2D eigenvalue weighted by Crippen LogP contribution is 2.21. The molecule has 1 N–H and O–H groups in total. The first-order chi connectivity index (χ1) is 12.0. The van der Waals surface area contributed by atoms with E-state index in [1.165, 1.54) is 6.20 Å². The van der Waals surface area contributed by atoms with Crippen molar-refractivity contribution < 1.29 is 9.53 Å². The zero-order chi connectivity index (χ0) is 18.2. The molecule has 0 unspecified atom stereocenters. The lowest BCUT2D eigenvalue weighted by Crippen LogP contribution is -2.09. The van der Waals surface area contributed by atoms with E-state index in [4.69, 9.17) is 10.00 Å². The van der Waals surface area contributed by atoms with Crippen molar-refractivity contribution in [3.63, 3.8) is 0 Å². The Bertz CT molecular complexity index is 840. The molecule has 7 heteroatoms. The van der Waals surface area contributed by atoms with E-state index in [-0.39, 0.29) is 12.2 Å². The molecule has 0 spiro atoms. The highest BCUT2D eigenvalue weighted by Gasteiger charge is 2.12. The highest BCUT2D eigenvalue weighted by molar-refractivity contribution is 5.93. The van der Waals surface area contributed by atoms with Gasteiger partial charge in [-0.3, -0.25) is 0 Å². The van der Waals surface area contributed by atoms with Crippen LogP contribution in [0.4, 0.5) is 5.95 Å². The summed E-state index contributed by atoms with van der Waals surface area (Å²) in [6.07, 6.45) is 3.04. The molecule has 2 aromatic rings. The number of nitriles is 1. The molecule has 0 saturated heterocycles. The molecule has 0 bridgehead atoms. The topological polar surface area (TPSA) is 92.3 Å². The lowest BCUT2D eigenvalue weighted by Gasteiger charge is -2.03. The van der Waals surface area contributed by atoms with Gasteiger partial charge in [-0.15, -0.1) is 0 Å². The molecule has 0 aliphatic rings. The van der Waals surface area contributed by atoms with Crippen molar-refractivity contribution in [3.05, 3.63) is 48.3 Å². The first-order valence-corrected chi connectivity index (χ1v) is 7.76. The van der Waals surface area contributed by atoms with E-state index < -0.39 is 5.97 Å². The minimum atomic E-state index is -0.686. The van der Waals surface area contributed by atoms with Crippen molar-refractivity contribution in [3.8, 4) is 17.3 Å². The molecule has 1 aromatic carbocycles. The summed E-state index contributed by atoms with van der Waals surface area (Å²) in [5.74, 6) is -0.300. The molecule has 0 fully saturated rings. The Balaban J connectivity index is 2.36. The number of nitrogens with one attached hydrogen (secondary N) is 1. The zero-order valence-electron chi connectivity index (χ0n) is 14.4. The van der Waals surface area contributed by atoms with Crippen LogP contribution in [0.5, 0.6) is 0 Å². The molecule has 0 saturated carbocycles. The molecule has 0 atom stereocenters. The number of hydrogen-bond donors (Lipinski definition) is 1.